The molecule has 2 aliphatic rings. The number of rotatable bonds is 13. The van der Waals surface area contributed by atoms with Gasteiger partial charge in [-0.05, 0) is 30.5 Å². The van der Waals surface area contributed by atoms with Gasteiger partial charge in [0.05, 0.1) is 38.6 Å². The first-order valence-electron chi connectivity index (χ1n) is 13.7. The van der Waals surface area contributed by atoms with Crippen molar-refractivity contribution in [2.75, 3.05) is 13.2 Å². The molecule has 0 unspecified atom stereocenters. The van der Waals surface area contributed by atoms with Gasteiger partial charge in [0.15, 0.2) is 12.1 Å². The van der Waals surface area contributed by atoms with Crippen LogP contribution >= 0.6 is 0 Å². The lowest BCUT2D eigenvalue weighted by molar-refractivity contribution is -0.255. The molecule has 2 heterocycles. The first-order valence-corrected chi connectivity index (χ1v) is 13.7. The highest BCUT2D eigenvalue weighted by Crippen LogP contribution is 2.42. The normalized spacial score (nSPS) is 25.8. The number of fused-ring (bicyclic) bond motifs is 1. The average molecular weight is 550 g/mol. The van der Waals surface area contributed by atoms with Crippen molar-refractivity contribution >= 4 is 0 Å². The summed E-state index contributed by atoms with van der Waals surface area (Å²) in [5.74, 6) is -0.851. The topological polar surface area (TPSA) is 102 Å². The second-order valence-corrected chi connectivity index (χ2v) is 10.9. The molecule has 0 bridgehead atoms. The number of benzene rings is 3. The van der Waals surface area contributed by atoms with E-state index in [1.165, 1.54) is 0 Å². The van der Waals surface area contributed by atoms with E-state index in [0.717, 1.165) is 16.7 Å². The van der Waals surface area contributed by atoms with E-state index >= 15 is 0 Å². The molecule has 214 valence electrons. The fourth-order valence-corrected chi connectivity index (χ4v) is 5.22. The van der Waals surface area contributed by atoms with Crippen LogP contribution in [0.1, 0.15) is 30.5 Å². The van der Waals surface area contributed by atoms with E-state index in [9.17, 15) is 5.11 Å². The summed E-state index contributed by atoms with van der Waals surface area (Å²) in [6.07, 6.45) is -3.23. The van der Waals surface area contributed by atoms with Gasteiger partial charge in [-0.1, -0.05) is 91.0 Å². The number of ether oxygens (including phenoxy) is 6. The molecule has 0 aliphatic carbocycles. The molecule has 6 atom stereocenters. The average Bonchev–Trinajstić information content (AvgIpc) is 3.46. The summed E-state index contributed by atoms with van der Waals surface area (Å²) in [4.78, 5) is 0. The fourth-order valence-electron chi connectivity index (χ4n) is 5.22. The molecule has 2 fully saturated rings. The number of hydrogen-bond acceptors (Lipinski definition) is 8. The summed E-state index contributed by atoms with van der Waals surface area (Å²) in [5, 5.41) is 10.6. The zero-order chi connectivity index (χ0) is 28.0. The summed E-state index contributed by atoms with van der Waals surface area (Å²) in [5.41, 5.74) is 8.57. The van der Waals surface area contributed by atoms with E-state index < -0.39 is 48.6 Å². The third-order valence-electron chi connectivity index (χ3n) is 7.22. The molecule has 2 saturated heterocycles. The van der Waals surface area contributed by atoms with Crippen LogP contribution in [0, 0.1) is 0 Å². The van der Waals surface area contributed by atoms with Crippen molar-refractivity contribution in [1.29, 1.82) is 0 Å². The van der Waals surface area contributed by atoms with Gasteiger partial charge in [0.2, 0.25) is 0 Å². The first kappa shape index (κ1) is 28.9. The first-order chi connectivity index (χ1) is 19.4. The van der Waals surface area contributed by atoms with Gasteiger partial charge in [-0.25, -0.2) is 0 Å². The molecule has 8 nitrogen and oxygen atoms in total. The smallest absolute Gasteiger partial charge is 0.187 e. The van der Waals surface area contributed by atoms with Crippen LogP contribution in [-0.2, 0) is 48.2 Å². The lowest BCUT2D eigenvalue weighted by Gasteiger charge is -2.40. The molecule has 0 aromatic heterocycles. The van der Waals surface area contributed by atoms with Crippen LogP contribution in [-0.4, -0.2) is 60.4 Å². The molecule has 0 amide bonds. The molecule has 3 N–H and O–H groups in total. The Morgan fingerprint density at radius 2 is 1.32 bits per heavy atom. The minimum atomic E-state index is -1.30. The fraction of sp³-hybridized carbons (Fsp3) is 0.438. The van der Waals surface area contributed by atoms with Gasteiger partial charge < -0.3 is 39.3 Å². The quantitative estimate of drug-likeness (QED) is 0.331. The highest BCUT2D eigenvalue weighted by atomic mass is 16.8. The van der Waals surface area contributed by atoms with E-state index in [4.69, 9.17) is 34.2 Å². The summed E-state index contributed by atoms with van der Waals surface area (Å²) in [6.45, 7) is 4.32. The number of nitrogens with two attached hydrogens (primary N) is 1. The Morgan fingerprint density at radius 1 is 0.800 bits per heavy atom. The molecule has 8 heteroatoms. The zero-order valence-electron chi connectivity index (χ0n) is 23.1. The Kier molecular flexibility index (Phi) is 9.30. The van der Waals surface area contributed by atoms with E-state index in [0.29, 0.717) is 13.2 Å². The Hall–Kier alpha value is -2.66. The highest BCUT2D eigenvalue weighted by Gasteiger charge is 2.60. The van der Waals surface area contributed by atoms with Crippen LogP contribution < -0.4 is 5.73 Å². The second kappa shape index (κ2) is 12.9. The summed E-state index contributed by atoms with van der Waals surface area (Å²) >= 11 is 0. The largest absolute Gasteiger partial charge is 0.394 e. The van der Waals surface area contributed by atoms with Crippen LogP contribution in [0.4, 0.5) is 0 Å². The van der Waals surface area contributed by atoms with Crippen LogP contribution in [0.3, 0.4) is 0 Å². The summed E-state index contributed by atoms with van der Waals surface area (Å²) < 4.78 is 37.7. The number of aliphatic hydroxyl groups excluding tert-OH is 1. The Morgan fingerprint density at radius 3 is 1.90 bits per heavy atom. The zero-order valence-corrected chi connectivity index (χ0v) is 23.1. The van der Waals surface area contributed by atoms with Gasteiger partial charge in [0.25, 0.3) is 0 Å². The predicted molar refractivity (Wildman–Crippen MR) is 149 cm³/mol. The summed E-state index contributed by atoms with van der Waals surface area (Å²) in [7, 11) is 0. The molecule has 0 radical (unpaired) electrons. The van der Waals surface area contributed by atoms with Gasteiger partial charge in [-0.3, -0.25) is 0 Å². The third kappa shape index (κ3) is 6.97. The van der Waals surface area contributed by atoms with Crippen molar-refractivity contribution in [3.8, 4) is 0 Å². The van der Waals surface area contributed by atoms with Crippen molar-refractivity contribution in [3.05, 3.63) is 108 Å². The maximum absolute atomic E-state index is 10.6. The molecular formula is C32H39NO7. The van der Waals surface area contributed by atoms with E-state index in [1.807, 2.05) is 105 Å². The van der Waals surface area contributed by atoms with Gasteiger partial charge in [-0.15, -0.1) is 0 Å². The summed E-state index contributed by atoms with van der Waals surface area (Å²) in [6, 6.07) is 29.5. The van der Waals surface area contributed by atoms with Crippen molar-refractivity contribution in [3.63, 3.8) is 0 Å². The van der Waals surface area contributed by atoms with Crippen molar-refractivity contribution in [2.45, 2.75) is 75.7 Å². The van der Waals surface area contributed by atoms with Crippen LogP contribution in [0.5, 0.6) is 0 Å². The Bertz CT molecular complexity index is 1180. The van der Waals surface area contributed by atoms with Crippen LogP contribution in [0.25, 0.3) is 0 Å². The lowest BCUT2D eigenvalue weighted by atomic mass is 9.88. The molecule has 40 heavy (non-hydrogen) atoms. The standard InChI is InChI=1S/C32H39NO7/c1-31(2)39-26-27(38-30(28(26)40-31)37-20-25-16-10-5-11-17-25)29(36-19-24-14-8-4-9-15-24)32(33,21-34)22-35-18-23-12-6-3-7-13-23/h3-17,26-30,34H,18-22,33H2,1-2H3/t26-,27-,28-,29-,30-,32-/m0/s1. The van der Waals surface area contributed by atoms with Gasteiger partial charge in [0, 0.05) is 0 Å². The number of aliphatic hydroxyl groups is 1. The van der Waals surface area contributed by atoms with Gasteiger partial charge in [0.1, 0.15) is 24.4 Å². The Labute approximate surface area is 235 Å². The minimum absolute atomic E-state index is 0.0366. The number of hydrogen-bond donors (Lipinski definition) is 2. The maximum atomic E-state index is 10.6. The molecule has 0 spiro atoms. The minimum Gasteiger partial charge on any atom is -0.394 e. The third-order valence-corrected chi connectivity index (χ3v) is 7.22. The molecular weight excluding hydrogens is 510 g/mol. The van der Waals surface area contributed by atoms with Crippen molar-refractivity contribution in [2.24, 2.45) is 5.73 Å². The van der Waals surface area contributed by atoms with E-state index in [2.05, 4.69) is 0 Å². The highest BCUT2D eigenvalue weighted by molar-refractivity contribution is 5.16. The molecule has 3 aromatic carbocycles. The maximum Gasteiger partial charge on any atom is 0.187 e. The van der Waals surface area contributed by atoms with E-state index in [1.54, 1.807) is 0 Å². The predicted octanol–water partition coefficient (Wildman–Crippen LogP) is 3.94. The second-order valence-electron chi connectivity index (χ2n) is 10.9. The molecule has 5 rings (SSSR count). The molecule has 0 saturated carbocycles. The van der Waals surface area contributed by atoms with Crippen molar-refractivity contribution < 1.29 is 33.5 Å². The van der Waals surface area contributed by atoms with E-state index in [-0.39, 0.29) is 13.2 Å². The Balaban J connectivity index is 1.37. The molecule has 2 aliphatic heterocycles. The SMILES string of the molecule is CC1(C)O[C@@H]2[C@H](O1)[C@@H](OCc1ccccc1)O[C@@H]2[C@H](OCc1ccccc1)[C@](N)(CO)COCc1ccccc1. The monoisotopic (exact) mass is 549 g/mol. The van der Waals surface area contributed by atoms with Crippen molar-refractivity contribution in [1.82, 2.24) is 0 Å². The van der Waals surface area contributed by atoms with Gasteiger partial charge in [-0.2, -0.15) is 0 Å². The van der Waals surface area contributed by atoms with Crippen LogP contribution in [0.15, 0.2) is 91.0 Å². The van der Waals surface area contributed by atoms with Crippen LogP contribution in [0.2, 0.25) is 0 Å². The lowest BCUT2D eigenvalue weighted by Crippen LogP contribution is -2.64. The van der Waals surface area contributed by atoms with Gasteiger partial charge >= 0.3 is 0 Å². The molecule has 3 aromatic rings.